The zero-order chi connectivity index (χ0) is 13.7. The van der Waals surface area contributed by atoms with Crippen molar-refractivity contribution in [1.82, 2.24) is 10.2 Å². The van der Waals surface area contributed by atoms with E-state index in [4.69, 9.17) is 0 Å². The first-order chi connectivity index (χ1) is 9.26. The van der Waals surface area contributed by atoms with Crippen LogP contribution in [0.25, 0.3) is 0 Å². The zero-order valence-corrected chi connectivity index (χ0v) is 12.0. The van der Waals surface area contributed by atoms with E-state index < -0.39 is 0 Å². The molecule has 0 atom stereocenters. The van der Waals surface area contributed by atoms with Crippen LogP contribution in [0, 0.1) is 5.82 Å². The van der Waals surface area contributed by atoms with Crippen LogP contribution in [-0.4, -0.2) is 44.2 Å². The molecule has 1 heterocycles. The Kier molecular flexibility index (Phi) is 5.16. The maximum atomic E-state index is 14.2. The van der Waals surface area contributed by atoms with Gasteiger partial charge in [0, 0.05) is 32.7 Å². The maximum Gasteiger partial charge on any atom is 0.146 e. The molecule has 0 aromatic heterocycles. The number of benzene rings is 1. The van der Waals surface area contributed by atoms with Gasteiger partial charge in [-0.05, 0) is 24.7 Å². The minimum atomic E-state index is -0.0969. The van der Waals surface area contributed by atoms with Crippen LogP contribution < -0.4 is 10.2 Å². The molecule has 2 rings (SSSR count). The third-order valence-corrected chi connectivity index (χ3v) is 3.77. The lowest BCUT2D eigenvalue weighted by molar-refractivity contribution is 0.270. The lowest BCUT2D eigenvalue weighted by atomic mass is 10.1. The minimum absolute atomic E-state index is 0.0969. The molecule has 0 saturated carbocycles. The summed E-state index contributed by atoms with van der Waals surface area (Å²) in [7, 11) is 0. The monoisotopic (exact) mass is 265 g/mol. The smallest absolute Gasteiger partial charge is 0.146 e. The molecular formula is C15H24FN3. The number of hydrogen-bond acceptors (Lipinski definition) is 3. The predicted octanol–water partition coefficient (Wildman–Crippen LogP) is 2.08. The van der Waals surface area contributed by atoms with Gasteiger partial charge < -0.3 is 15.1 Å². The topological polar surface area (TPSA) is 18.5 Å². The number of anilines is 1. The van der Waals surface area contributed by atoms with Crippen LogP contribution in [0.3, 0.4) is 0 Å². The standard InChI is InChI=1S/C15H24FN3/c1-3-17-12-13-6-5-7-14(16)15(13)19-10-8-18(4-2)9-11-19/h5-7,17H,3-4,8-12H2,1-2H3. The third-order valence-electron chi connectivity index (χ3n) is 3.77. The van der Waals surface area contributed by atoms with Crippen LogP contribution in [0.4, 0.5) is 10.1 Å². The summed E-state index contributed by atoms with van der Waals surface area (Å²) >= 11 is 0. The second-order valence-electron chi connectivity index (χ2n) is 4.95. The average Bonchev–Trinajstić information content (AvgIpc) is 2.45. The van der Waals surface area contributed by atoms with E-state index in [-0.39, 0.29) is 5.82 Å². The summed E-state index contributed by atoms with van der Waals surface area (Å²) in [4.78, 5) is 4.59. The predicted molar refractivity (Wildman–Crippen MR) is 78.1 cm³/mol. The van der Waals surface area contributed by atoms with Crippen LogP contribution in [-0.2, 0) is 6.54 Å². The second kappa shape index (κ2) is 6.87. The van der Waals surface area contributed by atoms with E-state index in [1.165, 1.54) is 0 Å². The van der Waals surface area contributed by atoms with E-state index in [0.29, 0.717) is 0 Å². The molecule has 0 amide bonds. The van der Waals surface area contributed by atoms with Gasteiger partial charge in [-0.25, -0.2) is 4.39 Å². The minimum Gasteiger partial charge on any atom is -0.366 e. The fourth-order valence-corrected chi connectivity index (χ4v) is 2.60. The molecule has 1 aliphatic heterocycles. The van der Waals surface area contributed by atoms with E-state index in [1.807, 2.05) is 6.07 Å². The molecule has 1 aliphatic rings. The SMILES string of the molecule is CCNCc1cccc(F)c1N1CCN(CC)CC1. The van der Waals surface area contributed by atoms with Gasteiger partial charge in [-0.15, -0.1) is 0 Å². The molecule has 3 nitrogen and oxygen atoms in total. The van der Waals surface area contributed by atoms with Crippen molar-refractivity contribution in [3.8, 4) is 0 Å². The normalized spacial score (nSPS) is 16.9. The van der Waals surface area contributed by atoms with Crippen LogP contribution in [0.15, 0.2) is 18.2 Å². The summed E-state index contributed by atoms with van der Waals surface area (Å²) in [5.41, 5.74) is 1.85. The van der Waals surface area contributed by atoms with Crippen molar-refractivity contribution in [2.75, 3.05) is 44.2 Å². The van der Waals surface area contributed by atoms with Crippen molar-refractivity contribution in [3.05, 3.63) is 29.6 Å². The molecule has 0 unspecified atom stereocenters. The van der Waals surface area contributed by atoms with E-state index in [0.717, 1.165) is 57.1 Å². The van der Waals surface area contributed by atoms with Crippen molar-refractivity contribution in [3.63, 3.8) is 0 Å². The molecule has 0 spiro atoms. The van der Waals surface area contributed by atoms with E-state index in [2.05, 4.69) is 29.0 Å². The number of rotatable bonds is 5. The summed E-state index contributed by atoms with van der Waals surface area (Å²) in [5.74, 6) is -0.0969. The van der Waals surface area contributed by atoms with Gasteiger partial charge in [-0.1, -0.05) is 26.0 Å². The van der Waals surface area contributed by atoms with Crippen LogP contribution in [0.5, 0.6) is 0 Å². The number of nitrogens with zero attached hydrogens (tertiary/aromatic N) is 2. The largest absolute Gasteiger partial charge is 0.366 e. The fraction of sp³-hybridized carbons (Fsp3) is 0.600. The molecule has 106 valence electrons. The Balaban J connectivity index is 2.14. The first kappa shape index (κ1) is 14.3. The molecule has 0 radical (unpaired) electrons. The highest BCUT2D eigenvalue weighted by Crippen LogP contribution is 2.25. The van der Waals surface area contributed by atoms with Gasteiger partial charge in [0.25, 0.3) is 0 Å². The second-order valence-corrected chi connectivity index (χ2v) is 4.95. The highest BCUT2D eigenvalue weighted by Gasteiger charge is 2.20. The van der Waals surface area contributed by atoms with E-state index in [9.17, 15) is 4.39 Å². The van der Waals surface area contributed by atoms with Gasteiger partial charge in [0.05, 0.1) is 5.69 Å². The van der Waals surface area contributed by atoms with Crippen molar-refractivity contribution in [1.29, 1.82) is 0 Å². The lowest BCUT2D eigenvalue weighted by Gasteiger charge is -2.36. The zero-order valence-electron chi connectivity index (χ0n) is 12.0. The van der Waals surface area contributed by atoms with Crippen LogP contribution >= 0.6 is 0 Å². The maximum absolute atomic E-state index is 14.2. The lowest BCUT2D eigenvalue weighted by Crippen LogP contribution is -2.46. The first-order valence-electron chi connectivity index (χ1n) is 7.21. The number of halogens is 1. The Hall–Kier alpha value is -1.13. The average molecular weight is 265 g/mol. The summed E-state index contributed by atoms with van der Waals surface area (Å²) in [6, 6.07) is 5.39. The highest BCUT2D eigenvalue weighted by atomic mass is 19.1. The van der Waals surface area contributed by atoms with Crippen molar-refractivity contribution < 1.29 is 4.39 Å². The molecule has 4 heteroatoms. The van der Waals surface area contributed by atoms with Crippen molar-refractivity contribution in [2.24, 2.45) is 0 Å². The molecule has 1 aromatic rings. The Labute approximate surface area is 115 Å². The van der Waals surface area contributed by atoms with Crippen molar-refractivity contribution >= 4 is 5.69 Å². The summed E-state index contributed by atoms with van der Waals surface area (Å²) in [6.45, 7) is 10.8. The Morgan fingerprint density at radius 2 is 1.89 bits per heavy atom. The summed E-state index contributed by atoms with van der Waals surface area (Å²) in [5, 5.41) is 3.29. The molecule has 0 bridgehead atoms. The van der Waals surface area contributed by atoms with E-state index in [1.54, 1.807) is 12.1 Å². The quantitative estimate of drug-likeness (QED) is 0.879. The van der Waals surface area contributed by atoms with Crippen LogP contribution in [0.1, 0.15) is 19.4 Å². The first-order valence-corrected chi connectivity index (χ1v) is 7.21. The number of para-hydroxylation sites is 1. The van der Waals surface area contributed by atoms with Gasteiger partial charge >= 0.3 is 0 Å². The van der Waals surface area contributed by atoms with E-state index >= 15 is 0 Å². The molecule has 1 fully saturated rings. The van der Waals surface area contributed by atoms with Crippen molar-refractivity contribution in [2.45, 2.75) is 20.4 Å². The van der Waals surface area contributed by atoms with Gasteiger partial charge in [0.2, 0.25) is 0 Å². The number of hydrogen-bond donors (Lipinski definition) is 1. The number of likely N-dealkylation sites (N-methyl/N-ethyl adjacent to an activating group) is 1. The number of nitrogens with one attached hydrogen (secondary N) is 1. The van der Waals surface area contributed by atoms with Gasteiger partial charge in [0.15, 0.2) is 0 Å². The fourth-order valence-electron chi connectivity index (χ4n) is 2.60. The molecule has 0 aliphatic carbocycles. The van der Waals surface area contributed by atoms with Gasteiger partial charge in [0.1, 0.15) is 5.82 Å². The number of piperazine rings is 1. The summed E-state index contributed by atoms with van der Waals surface area (Å²) in [6.07, 6.45) is 0. The Bertz CT molecular complexity index is 400. The Morgan fingerprint density at radius 1 is 1.16 bits per heavy atom. The Morgan fingerprint density at radius 3 is 2.53 bits per heavy atom. The molecule has 1 N–H and O–H groups in total. The molecule has 19 heavy (non-hydrogen) atoms. The molecule has 1 aromatic carbocycles. The molecule has 1 saturated heterocycles. The third kappa shape index (κ3) is 3.45. The summed E-state index contributed by atoms with van der Waals surface area (Å²) < 4.78 is 14.2. The van der Waals surface area contributed by atoms with Crippen LogP contribution in [0.2, 0.25) is 0 Å². The molecular weight excluding hydrogens is 241 g/mol. The highest BCUT2D eigenvalue weighted by molar-refractivity contribution is 5.55. The van der Waals surface area contributed by atoms with Gasteiger partial charge in [-0.2, -0.15) is 0 Å². The van der Waals surface area contributed by atoms with Gasteiger partial charge in [-0.3, -0.25) is 0 Å².